The zero-order chi connectivity index (χ0) is 14.3. The molecule has 0 bridgehead atoms. The van der Waals surface area contributed by atoms with Crippen LogP contribution in [0.5, 0.6) is 5.75 Å². The van der Waals surface area contributed by atoms with Gasteiger partial charge in [0.05, 0.1) is 24.8 Å². The summed E-state index contributed by atoms with van der Waals surface area (Å²) in [6.45, 7) is 2.01. The molecule has 1 aromatic rings. The molecule has 19 heavy (non-hydrogen) atoms. The topological polar surface area (TPSA) is 88.5 Å². The highest BCUT2D eigenvalue weighted by molar-refractivity contribution is 5.96. The Kier molecular flexibility index (Phi) is 5.78. The van der Waals surface area contributed by atoms with Crippen LogP contribution in [0.3, 0.4) is 0 Å². The van der Waals surface area contributed by atoms with Crippen LogP contribution in [-0.2, 0) is 4.79 Å². The fraction of sp³-hybridized carbons (Fsp3) is 0.462. The molecule has 1 amide bonds. The number of aromatic nitrogens is 1. The van der Waals surface area contributed by atoms with Gasteiger partial charge >= 0.3 is 5.97 Å². The van der Waals surface area contributed by atoms with Crippen molar-refractivity contribution in [2.45, 2.75) is 19.8 Å². The molecule has 1 heterocycles. The van der Waals surface area contributed by atoms with Crippen LogP contribution in [0.1, 0.15) is 30.1 Å². The number of nitrogens with one attached hydrogen (secondary N) is 1. The van der Waals surface area contributed by atoms with Crippen LogP contribution in [0.4, 0.5) is 0 Å². The molecule has 6 nitrogen and oxygen atoms in total. The molecule has 104 valence electrons. The van der Waals surface area contributed by atoms with E-state index in [1.54, 1.807) is 0 Å². The van der Waals surface area contributed by atoms with Gasteiger partial charge < -0.3 is 15.2 Å². The van der Waals surface area contributed by atoms with Crippen molar-refractivity contribution in [2.24, 2.45) is 5.92 Å². The summed E-state index contributed by atoms with van der Waals surface area (Å²) in [6, 6.07) is 1.53. The van der Waals surface area contributed by atoms with Gasteiger partial charge in [-0.15, -0.1) is 0 Å². The van der Waals surface area contributed by atoms with Crippen molar-refractivity contribution in [3.8, 4) is 5.75 Å². The Hall–Kier alpha value is -2.11. The minimum atomic E-state index is -0.899. The van der Waals surface area contributed by atoms with E-state index in [9.17, 15) is 9.59 Å². The third-order valence-electron chi connectivity index (χ3n) is 2.74. The number of methoxy groups -OCH3 is 1. The lowest BCUT2D eigenvalue weighted by atomic mass is 10.0. The van der Waals surface area contributed by atoms with E-state index >= 15 is 0 Å². The van der Waals surface area contributed by atoms with Crippen LogP contribution in [-0.4, -0.2) is 35.6 Å². The summed E-state index contributed by atoms with van der Waals surface area (Å²) in [5.74, 6) is -1.46. The van der Waals surface area contributed by atoms with Gasteiger partial charge in [0.15, 0.2) is 0 Å². The van der Waals surface area contributed by atoms with Gasteiger partial charge in [0.25, 0.3) is 5.91 Å². The summed E-state index contributed by atoms with van der Waals surface area (Å²) in [5, 5.41) is 11.6. The number of nitrogens with zero attached hydrogens (tertiary/aromatic N) is 1. The largest absolute Gasteiger partial charge is 0.494 e. The molecule has 1 unspecified atom stereocenters. The Morgan fingerprint density at radius 2 is 2.26 bits per heavy atom. The molecule has 2 N–H and O–H groups in total. The highest BCUT2D eigenvalue weighted by atomic mass is 16.5. The molecule has 0 saturated carbocycles. The molecule has 1 rings (SSSR count). The summed E-state index contributed by atoms with van der Waals surface area (Å²) < 4.78 is 5.03. The minimum absolute atomic E-state index is 0.105. The molecule has 0 fully saturated rings. The van der Waals surface area contributed by atoms with E-state index in [4.69, 9.17) is 9.84 Å². The second kappa shape index (κ2) is 7.35. The SMILES string of the molecule is CCCC(CNC(=O)c1ccncc1OC)C(=O)O. The van der Waals surface area contributed by atoms with Crippen LogP contribution < -0.4 is 10.1 Å². The van der Waals surface area contributed by atoms with Crippen LogP contribution in [0.15, 0.2) is 18.5 Å². The molecular weight excluding hydrogens is 248 g/mol. The van der Waals surface area contributed by atoms with E-state index in [2.05, 4.69) is 10.3 Å². The Balaban J connectivity index is 2.66. The van der Waals surface area contributed by atoms with Gasteiger partial charge in [0.1, 0.15) is 5.75 Å². The standard InChI is InChI=1S/C13H18N2O4/c1-3-4-9(13(17)18)7-15-12(16)10-5-6-14-8-11(10)19-2/h5-6,8-9H,3-4,7H2,1-2H3,(H,15,16)(H,17,18). The summed E-state index contributed by atoms with van der Waals surface area (Å²) in [6.07, 6.45) is 4.21. The average molecular weight is 266 g/mol. The molecule has 0 spiro atoms. The third kappa shape index (κ3) is 4.24. The van der Waals surface area contributed by atoms with E-state index in [-0.39, 0.29) is 12.5 Å². The fourth-order valence-electron chi connectivity index (χ4n) is 1.70. The summed E-state index contributed by atoms with van der Waals surface area (Å²) in [4.78, 5) is 26.8. The Morgan fingerprint density at radius 1 is 1.53 bits per heavy atom. The van der Waals surface area contributed by atoms with Gasteiger partial charge in [-0.25, -0.2) is 0 Å². The monoisotopic (exact) mass is 266 g/mol. The molecular formula is C13H18N2O4. The Labute approximate surface area is 111 Å². The Bertz CT molecular complexity index is 448. The van der Waals surface area contributed by atoms with Crippen molar-refractivity contribution < 1.29 is 19.4 Å². The summed E-state index contributed by atoms with van der Waals surface area (Å²) >= 11 is 0. The predicted molar refractivity (Wildman–Crippen MR) is 69.2 cm³/mol. The fourth-order valence-corrected chi connectivity index (χ4v) is 1.70. The highest BCUT2D eigenvalue weighted by Gasteiger charge is 2.19. The van der Waals surface area contributed by atoms with E-state index in [1.807, 2.05) is 6.92 Å². The average Bonchev–Trinajstić information content (AvgIpc) is 2.42. The van der Waals surface area contributed by atoms with Crippen LogP contribution in [0, 0.1) is 5.92 Å². The highest BCUT2D eigenvalue weighted by Crippen LogP contribution is 2.15. The zero-order valence-electron chi connectivity index (χ0n) is 11.0. The normalized spacial score (nSPS) is 11.7. The first kappa shape index (κ1) is 14.9. The Morgan fingerprint density at radius 3 is 2.84 bits per heavy atom. The summed E-state index contributed by atoms with van der Waals surface area (Å²) in [7, 11) is 1.45. The number of hydrogen-bond donors (Lipinski definition) is 2. The molecule has 0 aliphatic rings. The number of hydrogen-bond acceptors (Lipinski definition) is 4. The molecule has 0 radical (unpaired) electrons. The maximum Gasteiger partial charge on any atom is 0.308 e. The maximum absolute atomic E-state index is 11.9. The lowest BCUT2D eigenvalue weighted by molar-refractivity contribution is -0.141. The second-order valence-corrected chi connectivity index (χ2v) is 4.11. The number of rotatable bonds is 7. The number of carbonyl (C=O) groups excluding carboxylic acids is 1. The van der Waals surface area contributed by atoms with Gasteiger partial charge in [-0.05, 0) is 12.5 Å². The first-order valence-electron chi connectivity index (χ1n) is 6.09. The van der Waals surface area contributed by atoms with Gasteiger partial charge in [0, 0.05) is 12.7 Å². The number of pyridine rings is 1. The summed E-state index contributed by atoms with van der Waals surface area (Å²) in [5.41, 5.74) is 0.345. The number of carboxylic acid groups (broad SMARTS) is 1. The smallest absolute Gasteiger partial charge is 0.308 e. The number of carboxylic acids is 1. The number of carbonyl (C=O) groups is 2. The van der Waals surface area contributed by atoms with Gasteiger partial charge in [0.2, 0.25) is 0 Å². The molecule has 1 atom stereocenters. The van der Waals surface area contributed by atoms with Crippen LogP contribution in [0.2, 0.25) is 0 Å². The minimum Gasteiger partial charge on any atom is -0.494 e. The molecule has 0 saturated heterocycles. The third-order valence-corrected chi connectivity index (χ3v) is 2.74. The number of aliphatic carboxylic acids is 1. The van der Waals surface area contributed by atoms with Crippen molar-refractivity contribution in [1.82, 2.24) is 10.3 Å². The molecule has 0 aromatic carbocycles. The molecule has 1 aromatic heterocycles. The quantitative estimate of drug-likeness (QED) is 0.777. The number of ether oxygens (including phenoxy) is 1. The molecule has 6 heteroatoms. The van der Waals surface area contributed by atoms with Crippen molar-refractivity contribution in [1.29, 1.82) is 0 Å². The lowest BCUT2D eigenvalue weighted by Crippen LogP contribution is -2.33. The first-order chi connectivity index (χ1) is 9.10. The molecule has 0 aliphatic heterocycles. The van der Waals surface area contributed by atoms with E-state index in [0.717, 1.165) is 6.42 Å². The van der Waals surface area contributed by atoms with Crippen molar-refractivity contribution in [3.05, 3.63) is 24.0 Å². The van der Waals surface area contributed by atoms with E-state index < -0.39 is 11.9 Å². The van der Waals surface area contributed by atoms with Gasteiger partial charge in [-0.2, -0.15) is 0 Å². The van der Waals surface area contributed by atoms with Crippen LogP contribution >= 0.6 is 0 Å². The van der Waals surface area contributed by atoms with Gasteiger partial charge in [-0.3, -0.25) is 14.6 Å². The van der Waals surface area contributed by atoms with E-state index in [0.29, 0.717) is 17.7 Å². The van der Waals surface area contributed by atoms with Crippen LogP contribution in [0.25, 0.3) is 0 Å². The molecule has 0 aliphatic carbocycles. The first-order valence-corrected chi connectivity index (χ1v) is 6.09. The van der Waals surface area contributed by atoms with Crippen molar-refractivity contribution >= 4 is 11.9 Å². The second-order valence-electron chi connectivity index (χ2n) is 4.11. The zero-order valence-corrected chi connectivity index (χ0v) is 11.0. The lowest BCUT2D eigenvalue weighted by Gasteiger charge is -2.13. The van der Waals surface area contributed by atoms with Crippen molar-refractivity contribution in [2.75, 3.05) is 13.7 Å². The van der Waals surface area contributed by atoms with Gasteiger partial charge in [-0.1, -0.05) is 13.3 Å². The number of amides is 1. The van der Waals surface area contributed by atoms with E-state index in [1.165, 1.54) is 25.6 Å². The predicted octanol–water partition coefficient (Wildman–Crippen LogP) is 1.32. The van der Waals surface area contributed by atoms with Crippen molar-refractivity contribution in [3.63, 3.8) is 0 Å². The maximum atomic E-state index is 11.9.